The number of carbonyl (C=O) groups is 1. The molecule has 0 spiro atoms. The lowest BCUT2D eigenvalue weighted by Gasteiger charge is -2.19. The summed E-state index contributed by atoms with van der Waals surface area (Å²) in [4.78, 5) is 22.9. The molecule has 0 unspecified atom stereocenters. The van der Waals surface area contributed by atoms with Gasteiger partial charge in [-0.2, -0.15) is 0 Å². The molecule has 1 N–H and O–H groups in total. The number of halogens is 1. The third-order valence-electron chi connectivity index (χ3n) is 4.79. The van der Waals surface area contributed by atoms with Gasteiger partial charge in [0.25, 0.3) is 5.69 Å². The average molecular weight is 450 g/mol. The minimum Gasteiger partial charge on any atom is -0.467 e. The quantitative estimate of drug-likeness (QED) is 0.318. The maximum absolute atomic E-state index is 13.0. The largest absolute Gasteiger partial charge is 0.467 e. The van der Waals surface area contributed by atoms with E-state index in [0.717, 1.165) is 5.56 Å². The molecular formula is C24H19FN2O6. The van der Waals surface area contributed by atoms with Crippen molar-refractivity contribution in [2.24, 2.45) is 0 Å². The first kappa shape index (κ1) is 22.0. The van der Waals surface area contributed by atoms with Gasteiger partial charge in [0.2, 0.25) is 5.91 Å². The molecule has 0 atom stereocenters. The van der Waals surface area contributed by atoms with E-state index in [2.05, 4.69) is 5.32 Å². The van der Waals surface area contributed by atoms with Crippen LogP contribution in [0.1, 0.15) is 16.7 Å². The molecule has 0 fully saturated rings. The molecule has 8 nitrogen and oxygen atoms in total. The van der Waals surface area contributed by atoms with Gasteiger partial charge >= 0.3 is 0 Å². The Labute approximate surface area is 188 Å². The number of nitrogens with zero attached hydrogens (tertiary/aromatic N) is 1. The highest BCUT2D eigenvalue weighted by atomic mass is 19.1. The minimum absolute atomic E-state index is 0.0404. The topological polar surface area (TPSA) is 99.9 Å². The predicted octanol–water partition coefficient (Wildman–Crippen LogP) is 4.72. The van der Waals surface area contributed by atoms with E-state index in [1.54, 1.807) is 24.3 Å². The van der Waals surface area contributed by atoms with E-state index in [4.69, 9.17) is 14.2 Å². The van der Waals surface area contributed by atoms with E-state index in [0.29, 0.717) is 28.4 Å². The number of carbonyl (C=O) groups excluding carboxylic acids is 1. The van der Waals surface area contributed by atoms with E-state index >= 15 is 0 Å². The van der Waals surface area contributed by atoms with E-state index in [-0.39, 0.29) is 37.4 Å². The summed E-state index contributed by atoms with van der Waals surface area (Å²) in [6.07, 6.45) is 2.77. The second kappa shape index (κ2) is 9.92. The molecule has 4 rings (SSSR count). The second-order valence-electron chi connectivity index (χ2n) is 7.14. The van der Waals surface area contributed by atoms with E-state index < -0.39 is 4.92 Å². The zero-order valence-corrected chi connectivity index (χ0v) is 17.3. The Bertz CT molecular complexity index is 1190. The Morgan fingerprint density at radius 1 is 1.12 bits per heavy atom. The molecule has 1 aliphatic rings. The summed E-state index contributed by atoms with van der Waals surface area (Å²) in [6, 6.07) is 15.5. The molecule has 0 radical (unpaired) electrons. The fraction of sp³-hybridized carbons (Fsp3) is 0.125. The number of hydrogen-bond donors (Lipinski definition) is 1. The lowest BCUT2D eigenvalue weighted by molar-refractivity contribution is -0.385. The highest BCUT2D eigenvalue weighted by Gasteiger charge is 2.19. The van der Waals surface area contributed by atoms with Crippen molar-refractivity contribution in [1.29, 1.82) is 0 Å². The summed E-state index contributed by atoms with van der Waals surface area (Å²) < 4.78 is 29.2. The summed E-state index contributed by atoms with van der Waals surface area (Å²) in [5.74, 6) is 0.855. The standard InChI is InChI=1S/C24H19FN2O6/c25-19-4-8-22(9-5-19)33-21-6-1-16(2-7-21)13-26-23(28)10-3-17-11-20(27(29)30)12-18-14-31-15-32-24(17)18/h1-12H,13-15H2,(H,26,28)/b10-3+. The Morgan fingerprint density at radius 3 is 2.52 bits per heavy atom. The Balaban J connectivity index is 1.36. The van der Waals surface area contributed by atoms with Crippen LogP contribution in [0.4, 0.5) is 10.1 Å². The van der Waals surface area contributed by atoms with Crippen LogP contribution in [0.25, 0.3) is 6.08 Å². The molecule has 0 bridgehead atoms. The van der Waals surface area contributed by atoms with Crippen LogP contribution < -0.4 is 14.8 Å². The van der Waals surface area contributed by atoms with Gasteiger partial charge in [-0.1, -0.05) is 12.1 Å². The summed E-state index contributed by atoms with van der Waals surface area (Å²) in [6.45, 7) is 0.515. The van der Waals surface area contributed by atoms with Crippen molar-refractivity contribution in [2.45, 2.75) is 13.2 Å². The van der Waals surface area contributed by atoms with Crippen molar-refractivity contribution in [3.8, 4) is 17.2 Å². The fourth-order valence-corrected chi connectivity index (χ4v) is 3.19. The van der Waals surface area contributed by atoms with Gasteiger partial charge in [0.05, 0.1) is 11.5 Å². The molecule has 3 aromatic carbocycles. The number of fused-ring (bicyclic) bond motifs is 1. The van der Waals surface area contributed by atoms with Crippen LogP contribution in [0, 0.1) is 15.9 Å². The molecular weight excluding hydrogens is 431 g/mol. The van der Waals surface area contributed by atoms with Crippen LogP contribution in [0.3, 0.4) is 0 Å². The molecule has 1 heterocycles. The number of nitrogens with one attached hydrogen (secondary N) is 1. The van der Waals surface area contributed by atoms with E-state index in [1.807, 2.05) is 0 Å². The van der Waals surface area contributed by atoms with Gasteiger partial charge < -0.3 is 19.5 Å². The maximum Gasteiger partial charge on any atom is 0.270 e. The van der Waals surface area contributed by atoms with Crippen molar-refractivity contribution in [2.75, 3.05) is 6.79 Å². The Morgan fingerprint density at radius 2 is 1.82 bits per heavy atom. The summed E-state index contributed by atoms with van der Waals surface area (Å²) in [5, 5.41) is 13.9. The highest BCUT2D eigenvalue weighted by molar-refractivity contribution is 5.92. The van der Waals surface area contributed by atoms with Crippen molar-refractivity contribution in [3.05, 3.63) is 99.4 Å². The van der Waals surface area contributed by atoms with Crippen LogP contribution in [0.5, 0.6) is 17.2 Å². The molecule has 9 heteroatoms. The SMILES string of the molecule is O=C(/C=C/c1cc([N+](=O)[O-])cc2c1OCOC2)NCc1ccc(Oc2ccc(F)cc2)cc1. The van der Waals surface area contributed by atoms with Crippen LogP contribution in [-0.4, -0.2) is 17.6 Å². The molecule has 3 aromatic rings. The molecule has 0 aromatic heterocycles. The third kappa shape index (κ3) is 5.72. The highest BCUT2D eigenvalue weighted by Crippen LogP contribution is 2.33. The number of non-ortho nitro benzene ring substituents is 1. The van der Waals surface area contributed by atoms with Crippen molar-refractivity contribution < 1.29 is 28.3 Å². The van der Waals surface area contributed by atoms with Crippen molar-refractivity contribution in [1.82, 2.24) is 5.32 Å². The molecule has 1 amide bonds. The van der Waals surface area contributed by atoms with Crippen molar-refractivity contribution in [3.63, 3.8) is 0 Å². The first-order valence-corrected chi connectivity index (χ1v) is 9.98. The Hall–Kier alpha value is -4.24. The van der Waals surface area contributed by atoms with Crippen LogP contribution >= 0.6 is 0 Å². The van der Waals surface area contributed by atoms with Gasteiger partial charge in [0.15, 0.2) is 6.79 Å². The summed E-state index contributed by atoms with van der Waals surface area (Å²) in [7, 11) is 0. The number of nitro benzene ring substituents is 1. The number of rotatable bonds is 7. The normalized spacial score (nSPS) is 12.6. The van der Waals surface area contributed by atoms with Crippen LogP contribution in [0.15, 0.2) is 66.7 Å². The molecule has 33 heavy (non-hydrogen) atoms. The maximum atomic E-state index is 13.0. The number of amides is 1. The van der Waals surface area contributed by atoms with E-state index in [9.17, 15) is 19.3 Å². The van der Waals surface area contributed by atoms with E-state index in [1.165, 1.54) is 48.6 Å². The monoisotopic (exact) mass is 450 g/mol. The molecule has 0 saturated carbocycles. The molecule has 0 aliphatic carbocycles. The van der Waals surface area contributed by atoms with Gasteiger partial charge in [0, 0.05) is 35.9 Å². The minimum atomic E-state index is -0.504. The smallest absolute Gasteiger partial charge is 0.270 e. The van der Waals surface area contributed by atoms with Crippen LogP contribution in [-0.2, 0) is 22.7 Å². The van der Waals surface area contributed by atoms with Gasteiger partial charge in [0.1, 0.15) is 23.1 Å². The lowest BCUT2D eigenvalue weighted by Crippen LogP contribution is -2.20. The molecule has 1 aliphatic heterocycles. The van der Waals surface area contributed by atoms with Crippen LogP contribution in [0.2, 0.25) is 0 Å². The summed E-state index contributed by atoms with van der Waals surface area (Å²) in [5.41, 5.74) is 1.72. The fourth-order valence-electron chi connectivity index (χ4n) is 3.19. The van der Waals surface area contributed by atoms with Crippen molar-refractivity contribution >= 4 is 17.7 Å². The van der Waals surface area contributed by atoms with Gasteiger partial charge in [-0.25, -0.2) is 4.39 Å². The lowest BCUT2D eigenvalue weighted by atomic mass is 10.1. The third-order valence-corrected chi connectivity index (χ3v) is 4.79. The van der Waals surface area contributed by atoms with Gasteiger partial charge in [-0.15, -0.1) is 0 Å². The zero-order valence-electron chi connectivity index (χ0n) is 17.3. The predicted molar refractivity (Wildman–Crippen MR) is 117 cm³/mol. The number of benzene rings is 3. The zero-order chi connectivity index (χ0) is 23.2. The number of hydrogen-bond acceptors (Lipinski definition) is 6. The average Bonchev–Trinajstić information content (AvgIpc) is 2.83. The van der Waals surface area contributed by atoms with Gasteiger partial charge in [-0.05, 0) is 48.0 Å². The summed E-state index contributed by atoms with van der Waals surface area (Å²) >= 11 is 0. The Kier molecular flexibility index (Phi) is 6.61. The first-order valence-electron chi connectivity index (χ1n) is 9.98. The number of ether oxygens (including phenoxy) is 3. The number of nitro groups is 1. The molecule has 168 valence electrons. The van der Waals surface area contributed by atoms with Gasteiger partial charge in [-0.3, -0.25) is 14.9 Å². The first-order chi connectivity index (χ1) is 16.0. The second-order valence-corrected chi connectivity index (χ2v) is 7.14. The molecule has 0 saturated heterocycles.